The van der Waals surface area contributed by atoms with Crippen molar-refractivity contribution < 1.29 is 12.8 Å². The lowest BCUT2D eigenvalue weighted by Gasteiger charge is -2.28. The summed E-state index contributed by atoms with van der Waals surface area (Å²) in [5, 5.41) is 6.77. The van der Waals surface area contributed by atoms with Gasteiger partial charge in [0.05, 0.1) is 5.75 Å². The lowest BCUT2D eigenvalue weighted by atomic mass is 9.84. The van der Waals surface area contributed by atoms with E-state index in [1.165, 1.54) is 18.4 Å². The van der Waals surface area contributed by atoms with E-state index in [2.05, 4.69) is 15.6 Å². The second-order valence-corrected chi connectivity index (χ2v) is 9.56. The van der Waals surface area contributed by atoms with Crippen LogP contribution in [-0.2, 0) is 15.3 Å². The molecule has 0 fully saturated rings. The molecule has 1 unspecified atom stereocenters. The molecule has 0 aliphatic rings. The van der Waals surface area contributed by atoms with E-state index in [1.807, 2.05) is 20.8 Å². The molecule has 0 aliphatic carbocycles. The van der Waals surface area contributed by atoms with Crippen LogP contribution in [0.4, 0.5) is 4.39 Å². The average molecular weight is 520 g/mol. The lowest BCUT2D eigenvalue weighted by Crippen LogP contribution is -2.46. The number of nitrogens with zero attached hydrogens (tertiary/aromatic N) is 1. The minimum absolute atomic E-state index is 0. The fraction of sp³-hybridized carbons (Fsp3) is 0.588. The van der Waals surface area contributed by atoms with E-state index in [1.54, 1.807) is 13.1 Å². The molecule has 0 saturated carbocycles. The SMILES string of the molecule is CN=C(NCC(C)(C)c1ccc(F)cc1Cl)NC(C)CCS(C)(=O)=O.I. The van der Waals surface area contributed by atoms with Crippen LogP contribution in [0, 0.1) is 5.82 Å². The summed E-state index contributed by atoms with van der Waals surface area (Å²) in [5.74, 6) is 0.330. The zero-order chi connectivity index (χ0) is 19.3. The van der Waals surface area contributed by atoms with Gasteiger partial charge in [0.1, 0.15) is 15.7 Å². The van der Waals surface area contributed by atoms with Crippen LogP contribution in [0.25, 0.3) is 0 Å². The standard InChI is InChI=1S/C17H27ClFN3O2S.HI/c1-12(8-9-25(5,23)24)22-16(20-4)21-11-17(2,3)14-7-6-13(19)10-15(14)18;/h6-7,10,12H,8-9,11H2,1-5H3,(H2,20,21,22);1H. The fourth-order valence-corrected chi connectivity index (χ4v) is 3.53. The van der Waals surface area contributed by atoms with E-state index in [-0.39, 0.29) is 47.0 Å². The van der Waals surface area contributed by atoms with Gasteiger partial charge in [0, 0.05) is 36.3 Å². The molecule has 0 aromatic heterocycles. The lowest BCUT2D eigenvalue weighted by molar-refractivity contribution is 0.502. The van der Waals surface area contributed by atoms with Crippen molar-refractivity contribution in [1.82, 2.24) is 10.6 Å². The van der Waals surface area contributed by atoms with Crippen molar-refractivity contribution in [1.29, 1.82) is 0 Å². The molecule has 2 N–H and O–H groups in total. The van der Waals surface area contributed by atoms with Crippen molar-refractivity contribution in [2.24, 2.45) is 4.99 Å². The van der Waals surface area contributed by atoms with Crippen LogP contribution in [0.15, 0.2) is 23.2 Å². The van der Waals surface area contributed by atoms with Crippen LogP contribution >= 0.6 is 35.6 Å². The summed E-state index contributed by atoms with van der Waals surface area (Å²) in [6, 6.07) is 4.34. The molecule has 0 amide bonds. The van der Waals surface area contributed by atoms with Crippen LogP contribution in [0.5, 0.6) is 0 Å². The van der Waals surface area contributed by atoms with Gasteiger partial charge in [0.15, 0.2) is 5.96 Å². The molecule has 1 aromatic carbocycles. The second kappa shape index (κ2) is 10.7. The zero-order valence-corrected chi connectivity index (χ0v) is 19.7. The first kappa shape index (κ1) is 25.4. The normalized spacial score (nSPS) is 13.7. The molecule has 0 bridgehead atoms. The third-order valence-electron chi connectivity index (χ3n) is 3.89. The zero-order valence-electron chi connectivity index (χ0n) is 15.8. The Morgan fingerprint density at radius 1 is 1.38 bits per heavy atom. The van der Waals surface area contributed by atoms with Crippen LogP contribution in [0.1, 0.15) is 32.8 Å². The van der Waals surface area contributed by atoms with E-state index in [0.29, 0.717) is 23.9 Å². The quantitative estimate of drug-likeness (QED) is 0.329. The Kier molecular flexibility index (Phi) is 10.4. The number of aliphatic imine (C=N–C) groups is 1. The van der Waals surface area contributed by atoms with Gasteiger partial charge in [-0.1, -0.05) is 31.5 Å². The topological polar surface area (TPSA) is 70.6 Å². The first-order chi connectivity index (χ1) is 11.4. The molecule has 1 aromatic rings. The Labute approximate surface area is 178 Å². The van der Waals surface area contributed by atoms with E-state index in [9.17, 15) is 12.8 Å². The number of hydrogen-bond donors (Lipinski definition) is 2. The van der Waals surface area contributed by atoms with Crippen molar-refractivity contribution >= 4 is 51.4 Å². The molecule has 1 rings (SSSR count). The third-order valence-corrected chi connectivity index (χ3v) is 5.18. The van der Waals surface area contributed by atoms with Crippen molar-refractivity contribution in [2.45, 2.75) is 38.6 Å². The van der Waals surface area contributed by atoms with E-state index < -0.39 is 9.84 Å². The molecule has 0 saturated heterocycles. The van der Waals surface area contributed by atoms with Gasteiger partial charge in [0.25, 0.3) is 0 Å². The van der Waals surface area contributed by atoms with Gasteiger partial charge in [-0.05, 0) is 31.0 Å². The summed E-state index contributed by atoms with van der Waals surface area (Å²) < 4.78 is 35.7. The summed E-state index contributed by atoms with van der Waals surface area (Å²) in [4.78, 5) is 4.16. The number of nitrogens with one attached hydrogen (secondary N) is 2. The van der Waals surface area contributed by atoms with Crippen molar-refractivity contribution in [3.63, 3.8) is 0 Å². The molecule has 0 aliphatic heterocycles. The maximum absolute atomic E-state index is 13.2. The van der Waals surface area contributed by atoms with Crippen molar-refractivity contribution in [2.75, 3.05) is 25.6 Å². The number of hydrogen-bond acceptors (Lipinski definition) is 3. The highest BCUT2D eigenvalue weighted by molar-refractivity contribution is 14.0. The first-order valence-corrected chi connectivity index (χ1v) is 10.5. The summed E-state index contributed by atoms with van der Waals surface area (Å²) in [7, 11) is -1.34. The van der Waals surface area contributed by atoms with Crippen LogP contribution < -0.4 is 10.6 Å². The Hall–Kier alpha value is -0.610. The third kappa shape index (κ3) is 8.85. The average Bonchev–Trinajstić information content (AvgIpc) is 2.48. The van der Waals surface area contributed by atoms with E-state index in [4.69, 9.17) is 11.6 Å². The minimum Gasteiger partial charge on any atom is -0.356 e. The molecule has 0 radical (unpaired) electrons. The van der Waals surface area contributed by atoms with Gasteiger partial charge in [-0.3, -0.25) is 4.99 Å². The van der Waals surface area contributed by atoms with E-state index in [0.717, 1.165) is 5.56 Å². The van der Waals surface area contributed by atoms with Gasteiger partial charge in [-0.25, -0.2) is 12.8 Å². The summed E-state index contributed by atoms with van der Waals surface area (Å²) in [5.41, 5.74) is 0.488. The molecule has 5 nitrogen and oxygen atoms in total. The van der Waals surface area contributed by atoms with Gasteiger partial charge >= 0.3 is 0 Å². The van der Waals surface area contributed by atoms with Gasteiger partial charge < -0.3 is 10.6 Å². The molecule has 9 heteroatoms. The van der Waals surface area contributed by atoms with Gasteiger partial charge in [0.2, 0.25) is 0 Å². The van der Waals surface area contributed by atoms with Crippen LogP contribution in [0.2, 0.25) is 5.02 Å². The number of halogens is 3. The Balaban J connectivity index is 0.00000625. The maximum atomic E-state index is 13.2. The van der Waals surface area contributed by atoms with Crippen molar-refractivity contribution in [3.8, 4) is 0 Å². The van der Waals surface area contributed by atoms with Gasteiger partial charge in [-0.2, -0.15) is 0 Å². The first-order valence-electron chi connectivity index (χ1n) is 8.05. The molecule has 0 heterocycles. The number of rotatable bonds is 7. The molecular weight excluding hydrogens is 492 g/mol. The summed E-state index contributed by atoms with van der Waals surface area (Å²) in [6.07, 6.45) is 1.72. The molecular formula is C17H28ClFIN3O2S. The minimum atomic E-state index is -2.99. The highest BCUT2D eigenvalue weighted by Gasteiger charge is 2.24. The van der Waals surface area contributed by atoms with Crippen LogP contribution in [0.3, 0.4) is 0 Å². The monoisotopic (exact) mass is 519 g/mol. The maximum Gasteiger partial charge on any atom is 0.191 e. The van der Waals surface area contributed by atoms with Crippen LogP contribution in [-0.4, -0.2) is 46.0 Å². The summed E-state index contributed by atoms with van der Waals surface area (Å²) >= 11 is 6.16. The predicted octanol–water partition coefficient (Wildman–Crippen LogP) is 3.36. The number of benzene rings is 1. The predicted molar refractivity (Wildman–Crippen MR) is 118 cm³/mol. The Morgan fingerprint density at radius 2 is 2.00 bits per heavy atom. The molecule has 0 spiro atoms. The Bertz CT molecular complexity index is 727. The van der Waals surface area contributed by atoms with E-state index >= 15 is 0 Å². The Morgan fingerprint density at radius 3 is 2.50 bits per heavy atom. The largest absolute Gasteiger partial charge is 0.356 e. The number of sulfone groups is 1. The fourth-order valence-electron chi connectivity index (χ4n) is 2.33. The highest BCUT2D eigenvalue weighted by atomic mass is 127. The van der Waals surface area contributed by atoms with Crippen molar-refractivity contribution in [3.05, 3.63) is 34.6 Å². The number of guanidine groups is 1. The molecule has 1 atom stereocenters. The summed E-state index contributed by atoms with van der Waals surface area (Å²) in [6.45, 7) is 6.43. The highest BCUT2D eigenvalue weighted by Crippen LogP contribution is 2.29. The molecule has 26 heavy (non-hydrogen) atoms. The smallest absolute Gasteiger partial charge is 0.191 e. The van der Waals surface area contributed by atoms with Gasteiger partial charge in [-0.15, -0.1) is 24.0 Å². The molecule has 150 valence electrons. The second-order valence-electron chi connectivity index (χ2n) is 6.90.